The lowest BCUT2D eigenvalue weighted by molar-refractivity contribution is -0.119. The van der Waals surface area contributed by atoms with Crippen LogP contribution in [0.25, 0.3) is 0 Å². The highest BCUT2D eigenvalue weighted by atomic mass is 32.2. The van der Waals surface area contributed by atoms with E-state index in [0.29, 0.717) is 11.4 Å². The Morgan fingerprint density at radius 2 is 1.89 bits per heavy atom. The van der Waals surface area contributed by atoms with Crippen LogP contribution in [0.4, 0.5) is 14.9 Å². The van der Waals surface area contributed by atoms with Crippen LogP contribution in [0.1, 0.15) is 13.8 Å². The molecule has 2 aliphatic heterocycles. The van der Waals surface area contributed by atoms with E-state index in [4.69, 9.17) is 0 Å². The van der Waals surface area contributed by atoms with Crippen LogP contribution in [-0.4, -0.2) is 33.5 Å². The van der Waals surface area contributed by atoms with Gasteiger partial charge in [-0.15, -0.1) is 11.8 Å². The van der Waals surface area contributed by atoms with Gasteiger partial charge in [0.05, 0.1) is 10.6 Å². The molecule has 0 bridgehead atoms. The van der Waals surface area contributed by atoms with Gasteiger partial charge in [-0.25, -0.2) is 14.1 Å². The molecular weight excluding hydrogens is 267 g/mol. The van der Waals surface area contributed by atoms with Crippen molar-refractivity contribution in [2.45, 2.75) is 24.8 Å². The summed E-state index contributed by atoms with van der Waals surface area (Å²) in [5, 5.41) is 0. The molecule has 0 saturated carbocycles. The van der Waals surface area contributed by atoms with E-state index in [9.17, 15) is 14.0 Å². The van der Waals surface area contributed by atoms with Crippen LogP contribution >= 0.6 is 11.8 Å². The number of benzene rings is 1. The van der Waals surface area contributed by atoms with E-state index < -0.39 is 6.04 Å². The molecule has 1 aromatic rings. The molecule has 3 amide bonds. The third kappa shape index (κ3) is 1.74. The summed E-state index contributed by atoms with van der Waals surface area (Å²) in [7, 11) is 0. The number of anilines is 1. The highest BCUT2D eigenvalue weighted by Gasteiger charge is 2.55. The number of halogens is 1. The van der Waals surface area contributed by atoms with Crippen LogP contribution in [0.5, 0.6) is 0 Å². The Morgan fingerprint density at radius 1 is 1.26 bits per heavy atom. The monoisotopic (exact) mass is 280 g/mol. The number of rotatable bonds is 1. The SMILES string of the molecule is CC1(C)SC[C@H]2C(=O)N(c3ccc(F)cc3)C(=O)N21. The molecule has 0 spiro atoms. The lowest BCUT2D eigenvalue weighted by Crippen LogP contribution is -2.43. The van der Waals surface area contributed by atoms with Crippen molar-refractivity contribution in [2.75, 3.05) is 10.7 Å². The largest absolute Gasteiger partial charge is 0.333 e. The van der Waals surface area contributed by atoms with Crippen LogP contribution in [0.2, 0.25) is 0 Å². The average Bonchev–Trinajstić information content (AvgIpc) is 2.79. The first-order valence-corrected chi connectivity index (χ1v) is 6.97. The quantitative estimate of drug-likeness (QED) is 0.742. The van der Waals surface area contributed by atoms with E-state index in [2.05, 4.69) is 0 Å². The highest BCUT2D eigenvalue weighted by Crippen LogP contribution is 2.44. The van der Waals surface area contributed by atoms with E-state index >= 15 is 0 Å². The summed E-state index contributed by atoms with van der Waals surface area (Å²) < 4.78 is 12.9. The molecule has 0 radical (unpaired) electrons. The van der Waals surface area contributed by atoms with E-state index in [1.807, 2.05) is 13.8 Å². The normalized spacial score (nSPS) is 25.1. The molecule has 1 aromatic carbocycles. The number of nitrogens with zero attached hydrogens (tertiary/aromatic N) is 2. The lowest BCUT2D eigenvalue weighted by atomic mass is 10.2. The zero-order valence-electron chi connectivity index (χ0n) is 10.6. The first-order valence-electron chi connectivity index (χ1n) is 5.98. The second-order valence-electron chi connectivity index (χ2n) is 5.08. The summed E-state index contributed by atoms with van der Waals surface area (Å²) in [5.74, 6) is -0.0103. The van der Waals surface area contributed by atoms with Gasteiger partial charge in [-0.1, -0.05) is 0 Å². The molecule has 2 fully saturated rings. The number of amides is 3. The molecule has 6 heteroatoms. The Labute approximate surface area is 114 Å². The van der Waals surface area contributed by atoms with Gasteiger partial charge in [0.15, 0.2) is 0 Å². The van der Waals surface area contributed by atoms with Crippen LogP contribution in [0, 0.1) is 5.82 Å². The van der Waals surface area contributed by atoms with E-state index in [-0.39, 0.29) is 22.6 Å². The zero-order valence-corrected chi connectivity index (χ0v) is 11.4. The molecule has 0 N–H and O–H groups in total. The minimum Gasteiger partial charge on any atom is -0.297 e. The summed E-state index contributed by atoms with van der Waals surface area (Å²) in [6.45, 7) is 3.86. The Hall–Kier alpha value is -1.56. The first-order chi connectivity index (χ1) is 8.92. The summed E-state index contributed by atoms with van der Waals surface area (Å²) in [4.78, 5) is 27.1. The number of hydrogen-bond acceptors (Lipinski definition) is 3. The molecular formula is C13H13FN2O2S. The number of urea groups is 1. The van der Waals surface area contributed by atoms with Crippen molar-refractivity contribution in [1.29, 1.82) is 0 Å². The predicted octanol–water partition coefficient (Wildman–Crippen LogP) is 2.45. The average molecular weight is 280 g/mol. The molecule has 4 nitrogen and oxygen atoms in total. The Balaban J connectivity index is 1.99. The fourth-order valence-corrected chi connectivity index (χ4v) is 3.73. The van der Waals surface area contributed by atoms with Gasteiger partial charge in [0, 0.05) is 5.75 Å². The Morgan fingerprint density at radius 3 is 2.47 bits per heavy atom. The van der Waals surface area contributed by atoms with Crippen molar-refractivity contribution < 1.29 is 14.0 Å². The van der Waals surface area contributed by atoms with Gasteiger partial charge >= 0.3 is 6.03 Å². The van der Waals surface area contributed by atoms with Crippen molar-refractivity contribution >= 4 is 29.4 Å². The maximum absolute atomic E-state index is 12.9. The molecule has 0 aromatic heterocycles. The topological polar surface area (TPSA) is 40.6 Å². The summed E-state index contributed by atoms with van der Waals surface area (Å²) in [5.41, 5.74) is 0.423. The second kappa shape index (κ2) is 3.96. The fraction of sp³-hybridized carbons (Fsp3) is 0.385. The van der Waals surface area contributed by atoms with Gasteiger partial charge in [0.2, 0.25) is 0 Å². The summed E-state index contributed by atoms with van der Waals surface area (Å²) in [6.07, 6.45) is 0. The van der Waals surface area contributed by atoms with Gasteiger partial charge in [0.25, 0.3) is 5.91 Å². The minimum atomic E-state index is -0.405. The molecule has 100 valence electrons. The number of fused-ring (bicyclic) bond motifs is 1. The van der Waals surface area contributed by atoms with Crippen molar-refractivity contribution in [3.05, 3.63) is 30.1 Å². The molecule has 0 unspecified atom stereocenters. The van der Waals surface area contributed by atoms with Gasteiger partial charge in [-0.3, -0.25) is 9.69 Å². The maximum atomic E-state index is 12.9. The fourth-order valence-electron chi connectivity index (χ4n) is 2.53. The third-order valence-corrected chi connectivity index (χ3v) is 4.86. The van der Waals surface area contributed by atoms with Crippen LogP contribution in [0.15, 0.2) is 24.3 Å². The Bertz CT molecular complexity index is 558. The van der Waals surface area contributed by atoms with Gasteiger partial charge in [0.1, 0.15) is 11.9 Å². The highest BCUT2D eigenvalue weighted by molar-refractivity contribution is 8.00. The maximum Gasteiger partial charge on any atom is 0.333 e. The smallest absolute Gasteiger partial charge is 0.297 e. The second-order valence-corrected chi connectivity index (χ2v) is 6.70. The zero-order chi connectivity index (χ0) is 13.8. The van der Waals surface area contributed by atoms with E-state index in [1.165, 1.54) is 24.3 Å². The van der Waals surface area contributed by atoms with Gasteiger partial charge in [-0.2, -0.15) is 0 Å². The summed E-state index contributed by atoms with van der Waals surface area (Å²) >= 11 is 1.60. The number of carbonyl (C=O) groups is 2. The first kappa shape index (κ1) is 12.5. The number of hydrogen-bond donors (Lipinski definition) is 0. The van der Waals surface area contributed by atoms with Crippen molar-refractivity contribution in [2.24, 2.45) is 0 Å². The standard InChI is InChI=1S/C13H13FN2O2S/c1-13(2)16-10(7-19-13)11(17)15(12(16)18)9-5-3-8(14)4-6-9/h3-6,10H,7H2,1-2H3/t10-/m0/s1. The molecule has 0 aliphatic carbocycles. The number of thioether (sulfide) groups is 1. The molecule has 3 rings (SSSR count). The van der Waals surface area contributed by atoms with Crippen LogP contribution in [-0.2, 0) is 4.79 Å². The molecule has 2 heterocycles. The van der Waals surface area contributed by atoms with E-state index in [1.54, 1.807) is 16.7 Å². The van der Waals surface area contributed by atoms with Gasteiger partial charge in [-0.05, 0) is 38.1 Å². The van der Waals surface area contributed by atoms with Gasteiger partial charge < -0.3 is 0 Å². The molecule has 1 atom stereocenters. The minimum absolute atomic E-state index is 0.227. The van der Waals surface area contributed by atoms with Crippen LogP contribution in [0.3, 0.4) is 0 Å². The lowest BCUT2D eigenvalue weighted by Gasteiger charge is -2.29. The van der Waals surface area contributed by atoms with Crippen molar-refractivity contribution in [3.8, 4) is 0 Å². The molecule has 19 heavy (non-hydrogen) atoms. The molecule has 2 saturated heterocycles. The van der Waals surface area contributed by atoms with Crippen molar-refractivity contribution in [3.63, 3.8) is 0 Å². The number of imide groups is 1. The van der Waals surface area contributed by atoms with Crippen molar-refractivity contribution in [1.82, 2.24) is 4.90 Å². The van der Waals surface area contributed by atoms with Crippen LogP contribution < -0.4 is 4.90 Å². The predicted molar refractivity (Wildman–Crippen MR) is 71.4 cm³/mol. The third-order valence-electron chi connectivity index (χ3n) is 3.47. The Kier molecular flexibility index (Phi) is 2.60. The summed E-state index contributed by atoms with van der Waals surface area (Å²) in [6, 6.07) is 4.67. The number of carbonyl (C=O) groups excluding carboxylic acids is 2. The van der Waals surface area contributed by atoms with E-state index in [0.717, 1.165) is 4.90 Å². The molecule has 2 aliphatic rings.